The van der Waals surface area contributed by atoms with Crippen LogP contribution in [-0.2, 0) is 32.0 Å². The Morgan fingerprint density at radius 1 is 1.00 bits per heavy atom. The second kappa shape index (κ2) is 15.3. The average Bonchev–Trinajstić information content (AvgIpc) is 3.40. The lowest BCUT2D eigenvalue weighted by Crippen LogP contribution is -2.49. The maximum Gasteiger partial charge on any atom is 0.325 e. The SMILES string of the molecule is CCOC(=O)CNC(=O)N(CCOC)CC(=O)N(CCc1ccc(OC)c(OC)c1)Cc1ccco1. The minimum absolute atomic E-state index is 0.168. The van der Waals surface area contributed by atoms with E-state index in [0.717, 1.165) is 5.56 Å². The van der Waals surface area contributed by atoms with Gasteiger partial charge in [0.2, 0.25) is 5.91 Å². The highest BCUT2D eigenvalue weighted by atomic mass is 16.5. The van der Waals surface area contributed by atoms with Gasteiger partial charge in [0.1, 0.15) is 18.8 Å². The number of amides is 3. The van der Waals surface area contributed by atoms with Gasteiger partial charge in [-0.2, -0.15) is 0 Å². The van der Waals surface area contributed by atoms with Gasteiger partial charge >= 0.3 is 12.0 Å². The van der Waals surface area contributed by atoms with Gasteiger partial charge in [-0.05, 0) is 43.2 Å². The summed E-state index contributed by atoms with van der Waals surface area (Å²) in [5, 5.41) is 2.49. The lowest BCUT2D eigenvalue weighted by molar-refractivity contribution is -0.141. The summed E-state index contributed by atoms with van der Waals surface area (Å²) >= 11 is 0. The van der Waals surface area contributed by atoms with Crippen molar-refractivity contribution in [2.45, 2.75) is 19.9 Å². The molecule has 0 fully saturated rings. The monoisotopic (exact) mass is 505 g/mol. The van der Waals surface area contributed by atoms with E-state index < -0.39 is 12.0 Å². The van der Waals surface area contributed by atoms with Crippen LogP contribution in [0.3, 0.4) is 0 Å². The maximum atomic E-state index is 13.3. The molecule has 3 amide bonds. The summed E-state index contributed by atoms with van der Waals surface area (Å²) in [6.45, 7) is 2.40. The number of esters is 1. The van der Waals surface area contributed by atoms with Gasteiger partial charge in [0, 0.05) is 20.2 Å². The van der Waals surface area contributed by atoms with Crippen LogP contribution in [0, 0.1) is 0 Å². The van der Waals surface area contributed by atoms with Crippen molar-refractivity contribution in [3.63, 3.8) is 0 Å². The minimum atomic E-state index is -0.564. The minimum Gasteiger partial charge on any atom is -0.493 e. The number of carbonyl (C=O) groups excluding carboxylic acids is 3. The fourth-order valence-corrected chi connectivity index (χ4v) is 3.37. The van der Waals surface area contributed by atoms with E-state index in [0.29, 0.717) is 30.2 Å². The number of ether oxygens (including phenoxy) is 4. The van der Waals surface area contributed by atoms with Crippen LogP contribution in [0.15, 0.2) is 41.0 Å². The second-order valence-electron chi connectivity index (χ2n) is 7.71. The molecule has 0 radical (unpaired) electrons. The van der Waals surface area contributed by atoms with Crippen LogP contribution in [0.4, 0.5) is 4.79 Å². The van der Waals surface area contributed by atoms with E-state index in [1.54, 1.807) is 44.4 Å². The van der Waals surface area contributed by atoms with Crippen LogP contribution in [-0.4, -0.2) is 88.4 Å². The number of hydrogen-bond donors (Lipinski definition) is 1. The molecule has 0 spiro atoms. The molecule has 11 heteroatoms. The number of urea groups is 1. The third kappa shape index (κ3) is 9.14. The van der Waals surface area contributed by atoms with Crippen molar-refractivity contribution < 1.29 is 37.7 Å². The van der Waals surface area contributed by atoms with E-state index in [-0.39, 0.29) is 45.3 Å². The first-order chi connectivity index (χ1) is 17.4. The largest absolute Gasteiger partial charge is 0.493 e. The normalized spacial score (nSPS) is 10.4. The molecule has 36 heavy (non-hydrogen) atoms. The molecule has 0 bridgehead atoms. The van der Waals surface area contributed by atoms with Gasteiger partial charge in [0.15, 0.2) is 11.5 Å². The Bertz CT molecular complexity index is 964. The number of carbonyl (C=O) groups is 3. The molecular formula is C25H35N3O8. The summed E-state index contributed by atoms with van der Waals surface area (Å²) < 4.78 is 26.0. The average molecular weight is 506 g/mol. The molecule has 0 saturated carbocycles. The lowest BCUT2D eigenvalue weighted by atomic mass is 10.1. The molecule has 0 saturated heterocycles. The van der Waals surface area contributed by atoms with Crippen LogP contribution in [0.2, 0.25) is 0 Å². The van der Waals surface area contributed by atoms with E-state index in [1.165, 1.54) is 12.0 Å². The molecule has 0 aliphatic carbocycles. The zero-order valence-corrected chi connectivity index (χ0v) is 21.3. The molecule has 198 valence electrons. The van der Waals surface area contributed by atoms with E-state index in [2.05, 4.69) is 5.32 Å². The first kappa shape index (κ1) is 28.5. The first-order valence-corrected chi connectivity index (χ1v) is 11.6. The number of rotatable bonds is 15. The fraction of sp³-hybridized carbons (Fsp3) is 0.480. The zero-order valence-electron chi connectivity index (χ0n) is 21.3. The Morgan fingerprint density at radius 3 is 2.42 bits per heavy atom. The molecule has 0 aliphatic heterocycles. The summed E-state index contributed by atoms with van der Waals surface area (Å²) in [5.74, 6) is 0.994. The molecule has 1 aromatic carbocycles. The van der Waals surface area contributed by atoms with Crippen molar-refractivity contribution in [3.05, 3.63) is 47.9 Å². The smallest absolute Gasteiger partial charge is 0.325 e. The first-order valence-electron chi connectivity index (χ1n) is 11.6. The molecule has 2 aromatic rings. The summed E-state index contributed by atoms with van der Waals surface area (Å²) in [5.41, 5.74) is 0.952. The number of methoxy groups -OCH3 is 3. The number of benzene rings is 1. The number of nitrogens with one attached hydrogen (secondary N) is 1. The highest BCUT2D eigenvalue weighted by molar-refractivity contribution is 5.86. The van der Waals surface area contributed by atoms with Crippen molar-refractivity contribution in [2.75, 3.05) is 60.7 Å². The molecule has 1 heterocycles. The van der Waals surface area contributed by atoms with E-state index >= 15 is 0 Å². The summed E-state index contributed by atoms with van der Waals surface area (Å²) in [6.07, 6.45) is 2.08. The van der Waals surface area contributed by atoms with Crippen molar-refractivity contribution in [2.24, 2.45) is 0 Å². The Labute approximate surface area is 211 Å². The predicted octanol–water partition coefficient (Wildman–Crippen LogP) is 2.09. The zero-order chi connectivity index (χ0) is 26.3. The van der Waals surface area contributed by atoms with Gasteiger partial charge in [0.05, 0.1) is 40.2 Å². The molecule has 1 N–H and O–H groups in total. The fourth-order valence-electron chi connectivity index (χ4n) is 3.37. The van der Waals surface area contributed by atoms with Crippen LogP contribution in [0.25, 0.3) is 0 Å². The summed E-state index contributed by atoms with van der Waals surface area (Å²) in [7, 11) is 4.64. The molecule has 0 atom stereocenters. The van der Waals surface area contributed by atoms with Gasteiger partial charge in [-0.25, -0.2) is 4.79 Å². The Balaban J connectivity index is 2.11. The molecule has 1 aromatic heterocycles. The molecule has 0 aliphatic rings. The van der Waals surface area contributed by atoms with E-state index in [4.69, 9.17) is 23.4 Å². The van der Waals surface area contributed by atoms with Gasteiger partial charge in [0.25, 0.3) is 0 Å². The second-order valence-corrected chi connectivity index (χ2v) is 7.71. The van der Waals surface area contributed by atoms with Crippen molar-refractivity contribution in [3.8, 4) is 11.5 Å². The highest BCUT2D eigenvalue weighted by Crippen LogP contribution is 2.27. The molecule has 2 rings (SSSR count). The van der Waals surface area contributed by atoms with Crippen LogP contribution >= 0.6 is 0 Å². The summed E-state index contributed by atoms with van der Waals surface area (Å²) in [4.78, 5) is 40.5. The van der Waals surface area contributed by atoms with Crippen molar-refractivity contribution in [1.82, 2.24) is 15.1 Å². The lowest BCUT2D eigenvalue weighted by Gasteiger charge is -2.27. The van der Waals surface area contributed by atoms with Gasteiger partial charge in [-0.1, -0.05) is 6.07 Å². The van der Waals surface area contributed by atoms with Gasteiger partial charge in [-0.15, -0.1) is 0 Å². The van der Waals surface area contributed by atoms with Gasteiger partial charge in [-0.3, -0.25) is 9.59 Å². The standard InChI is InChI=1S/C25H35N3O8/c1-5-35-24(30)16-26-25(31)28(12-14-32-2)18-23(29)27(17-20-7-6-13-36-20)11-10-19-8-9-21(33-3)22(15-19)34-4/h6-9,13,15H,5,10-12,14,16-18H2,1-4H3,(H,26,31). The molecule has 0 unspecified atom stereocenters. The third-order valence-electron chi connectivity index (χ3n) is 5.27. The van der Waals surface area contributed by atoms with E-state index in [1.807, 2.05) is 18.2 Å². The van der Waals surface area contributed by atoms with E-state index in [9.17, 15) is 14.4 Å². The number of hydrogen-bond acceptors (Lipinski definition) is 8. The van der Waals surface area contributed by atoms with Crippen molar-refractivity contribution in [1.29, 1.82) is 0 Å². The quantitative estimate of drug-likeness (QED) is 0.366. The molecule has 11 nitrogen and oxygen atoms in total. The highest BCUT2D eigenvalue weighted by Gasteiger charge is 2.23. The van der Waals surface area contributed by atoms with Crippen LogP contribution in [0.5, 0.6) is 11.5 Å². The number of furan rings is 1. The Hall–Kier alpha value is -3.73. The van der Waals surface area contributed by atoms with Crippen LogP contribution in [0.1, 0.15) is 18.2 Å². The number of nitrogens with zero attached hydrogens (tertiary/aromatic N) is 2. The maximum absolute atomic E-state index is 13.3. The molecular weight excluding hydrogens is 470 g/mol. The van der Waals surface area contributed by atoms with Crippen molar-refractivity contribution >= 4 is 17.9 Å². The Kier molecular flexibility index (Phi) is 12.1. The summed E-state index contributed by atoms with van der Waals surface area (Å²) in [6, 6.07) is 8.55. The predicted molar refractivity (Wildman–Crippen MR) is 131 cm³/mol. The van der Waals surface area contributed by atoms with Crippen LogP contribution < -0.4 is 14.8 Å². The topological polar surface area (TPSA) is 120 Å². The Morgan fingerprint density at radius 2 is 1.78 bits per heavy atom. The van der Waals surface area contributed by atoms with Gasteiger partial charge < -0.3 is 38.5 Å². The third-order valence-corrected chi connectivity index (χ3v) is 5.27.